The zero-order valence-corrected chi connectivity index (χ0v) is 18.5. The third-order valence-corrected chi connectivity index (χ3v) is 5.45. The van der Waals surface area contributed by atoms with Crippen LogP contribution in [0.25, 0.3) is 16.6 Å². The second-order valence-corrected chi connectivity index (χ2v) is 7.92. The summed E-state index contributed by atoms with van der Waals surface area (Å²) in [5.41, 5.74) is 1.69. The van der Waals surface area contributed by atoms with Gasteiger partial charge in [0.25, 0.3) is 5.91 Å². The lowest BCUT2D eigenvalue weighted by Gasteiger charge is -2.11. The van der Waals surface area contributed by atoms with Gasteiger partial charge in [0, 0.05) is 18.9 Å². The summed E-state index contributed by atoms with van der Waals surface area (Å²) in [5, 5.41) is 10.6. The van der Waals surface area contributed by atoms with E-state index in [2.05, 4.69) is 15.7 Å². The van der Waals surface area contributed by atoms with Crippen LogP contribution in [-0.2, 0) is 17.5 Å². The van der Waals surface area contributed by atoms with Crippen molar-refractivity contribution in [3.05, 3.63) is 88.6 Å². The molecule has 34 heavy (non-hydrogen) atoms. The first-order valence-corrected chi connectivity index (χ1v) is 10.5. The van der Waals surface area contributed by atoms with Crippen molar-refractivity contribution in [3.63, 3.8) is 0 Å². The van der Waals surface area contributed by atoms with E-state index in [1.54, 1.807) is 36.4 Å². The number of halogens is 4. The van der Waals surface area contributed by atoms with Crippen LogP contribution in [0.1, 0.15) is 28.4 Å². The summed E-state index contributed by atoms with van der Waals surface area (Å²) in [6.07, 6.45) is -2.90. The summed E-state index contributed by atoms with van der Waals surface area (Å²) >= 11 is 6.22. The Bertz CT molecular complexity index is 1380. The lowest BCUT2D eigenvalue weighted by atomic mass is 10.1. The lowest BCUT2D eigenvalue weighted by molar-refractivity contribution is -0.137. The van der Waals surface area contributed by atoms with Gasteiger partial charge in [0.05, 0.1) is 39.2 Å². The number of rotatable bonds is 5. The molecule has 1 aromatic heterocycles. The maximum Gasteiger partial charge on any atom is 0.416 e. The molecule has 2 N–H and O–H groups in total. The zero-order chi connectivity index (χ0) is 24.5. The molecule has 4 aromatic rings. The molecule has 174 valence electrons. The Balaban J connectivity index is 1.62. The number of hydrogen-bond acceptors (Lipinski definition) is 3. The van der Waals surface area contributed by atoms with Gasteiger partial charge in [0.1, 0.15) is 0 Å². The van der Waals surface area contributed by atoms with Crippen LogP contribution < -0.4 is 10.6 Å². The van der Waals surface area contributed by atoms with Gasteiger partial charge in [-0.3, -0.25) is 9.59 Å². The quantitative estimate of drug-likeness (QED) is 0.386. The Labute approximate surface area is 197 Å². The Hall–Kier alpha value is -3.85. The van der Waals surface area contributed by atoms with Gasteiger partial charge in [-0.25, -0.2) is 4.68 Å². The molecule has 0 fully saturated rings. The fraction of sp³-hybridized carbons (Fsp3) is 0.125. The maximum absolute atomic E-state index is 13.0. The molecule has 0 saturated carbocycles. The van der Waals surface area contributed by atoms with Crippen molar-refractivity contribution in [2.24, 2.45) is 0 Å². The number of benzene rings is 3. The highest BCUT2D eigenvalue weighted by Gasteiger charge is 2.30. The topological polar surface area (TPSA) is 76.0 Å². The van der Waals surface area contributed by atoms with E-state index in [-0.39, 0.29) is 23.0 Å². The second kappa shape index (κ2) is 9.18. The molecule has 0 bridgehead atoms. The first kappa shape index (κ1) is 23.3. The molecule has 3 aromatic carbocycles. The number of carbonyl (C=O) groups is 2. The molecule has 0 unspecified atom stereocenters. The smallest absolute Gasteiger partial charge is 0.352 e. The zero-order valence-electron chi connectivity index (χ0n) is 17.8. The van der Waals surface area contributed by atoms with Crippen LogP contribution in [0.2, 0.25) is 5.02 Å². The van der Waals surface area contributed by atoms with E-state index in [1.165, 1.54) is 29.9 Å². The van der Waals surface area contributed by atoms with Crippen molar-refractivity contribution in [3.8, 4) is 5.69 Å². The average molecular weight is 487 g/mol. The molecule has 0 aliphatic rings. The van der Waals surface area contributed by atoms with E-state index in [0.717, 1.165) is 12.1 Å². The fourth-order valence-corrected chi connectivity index (χ4v) is 3.63. The third kappa shape index (κ3) is 4.89. The fourth-order valence-electron chi connectivity index (χ4n) is 3.43. The number of nitrogens with one attached hydrogen (secondary N) is 2. The summed E-state index contributed by atoms with van der Waals surface area (Å²) in [6.45, 7) is 1.65. The number of alkyl halides is 3. The highest BCUT2D eigenvalue weighted by molar-refractivity contribution is 6.34. The number of hydrogen-bond donors (Lipinski definition) is 2. The lowest BCUT2D eigenvalue weighted by Crippen LogP contribution is -2.19. The number of anilines is 1. The molecule has 0 aliphatic heterocycles. The molecule has 6 nitrogen and oxygen atoms in total. The van der Waals surface area contributed by atoms with Crippen LogP contribution in [0.15, 0.2) is 66.9 Å². The van der Waals surface area contributed by atoms with Crippen LogP contribution in [-0.4, -0.2) is 21.6 Å². The summed E-state index contributed by atoms with van der Waals surface area (Å²) < 4.78 is 40.1. The third-order valence-electron chi connectivity index (χ3n) is 5.12. The Morgan fingerprint density at radius 1 is 1.06 bits per heavy atom. The van der Waals surface area contributed by atoms with E-state index >= 15 is 0 Å². The normalized spacial score (nSPS) is 11.4. The van der Waals surface area contributed by atoms with E-state index in [9.17, 15) is 22.8 Å². The van der Waals surface area contributed by atoms with Crippen molar-refractivity contribution in [2.45, 2.75) is 19.6 Å². The SMILES string of the molecule is CC(=O)NCc1ccc(Cl)c(C(=O)Nc2cccc3c2cnn3-c2ccc(C(F)(F)F)cc2)c1. The summed E-state index contributed by atoms with van der Waals surface area (Å²) in [6, 6.07) is 14.7. The minimum Gasteiger partial charge on any atom is -0.352 e. The van der Waals surface area contributed by atoms with Crippen LogP contribution in [0.4, 0.5) is 18.9 Å². The van der Waals surface area contributed by atoms with Crippen molar-refractivity contribution in [1.29, 1.82) is 0 Å². The molecule has 1 heterocycles. The van der Waals surface area contributed by atoms with Gasteiger partial charge < -0.3 is 10.6 Å². The first-order chi connectivity index (χ1) is 16.1. The van der Waals surface area contributed by atoms with E-state index in [0.29, 0.717) is 27.8 Å². The molecule has 0 saturated heterocycles. The van der Waals surface area contributed by atoms with Crippen LogP contribution >= 0.6 is 11.6 Å². The largest absolute Gasteiger partial charge is 0.416 e. The predicted octanol–water partition coefficient (Wildman–Crippen LogP) is 5.59. The molecule has 4 rings (SSSR count). The Kier molecular flexibility index (Phi) is 6.30. The number of nitrogens with zero attached hydrogens (tertiary/aromatic N) is 2. The van der Waals surface area contributed by atoms with Gasteiger partial charge in [-0.15, -0.1) is 0 Å². The van der Waals surface area contributed by atoms with Gasteiger partial charge in [-0.2, -0.15) is 18.3 Å². The molecule has 0 radical (unpaired) electrons. The van der Waals surface area contributed by atoms with Gasteiger partial charge >= 0.3 is 6.18 Å². The second-order valence-electron chi connectivity index (χ2n) is 7.52. The van der Waals surface area contributed by atoms with Crippen molar-refractivity contribution in [2.75, 3.05) is 5.32 Å². The van der Waals surface area contributed by atoms with Crippen LogP contribution in [0.3, 0.4) is 0 Å². The number of amides is 2. The number of aromatic nitrogens is 2. The van der Waals surface area contributed by atoms with Crippen molar-refractivity contribution < 1.29 is 22.8 Å². The van der Waals surface area contributed by atoms with E-state index in [1.807, 2.05) is 0 Å². The Morgan fingerprint density at radius 3 is 2.47 bits per heavy atom. The maximum atomic E-state index is 13.0. The van der Waals surface area contributed by atoms with Gasteiger partial charge in [0.15, 0.2) is 0 Å². The highest BCUT2D eigenvalue weighted by atomic mass is 35.5. The number of fused-ring (bicyclic) bond motifs is 1. The minimum absolute atomic E-state index is 0.197. The average Bonchev–Trinajstić information content (AvgIpc) is 3.23. The molecular formula is C24H18ClF3N4O2. The monoisotopic (exact) mass is 486 g/mol. The van der Waals surface area contributed by atoms with E-state index in [4.69, 9.17) is 11.6 Å². The van der Waals surface area contributed by atoms with Crippen molar-refractivity contribution >= 4 is 40.0 Å². The van der Waals surface area contributed by atoms with Crippen LogP contribution in [0.5, 0.6) is 0 Å². The summed E-state index contributed by atoms with van der Waals surface area (Å²) in [5.74, 6) is -0.651. The van der Waals surface area contributed by atoms with Crippen molar-refractivity contribution in [1.82, 2.24) is 15.1 Å². The Morgan fingerprint density at radius 2 is 1.79 bits per heavy atom. The minimum atomic E-state index is -4.43. The van der Waals surface area contributed by atoms with Crippen LogP contribution in [0, 0.1) is 0 Å². The number of carbonyl (C=O) groups excluding carboxylic acids is 2. The molecule has 0 spiro atoms. The predicted molar refractivity (Wildman–Crippen MR) is 123 cm³/mol. The molecule has 0 aliphatic carbocycles. The molecular weight excluding hydrogens is 469 g/mol. The summed E-state index contributed by atoms with van der Waals surface area (Å²) in [4.78, 5) is 24.1. The molecule has 2 amide bonds. The van der Waals surface area contributed by atoms with Gasteiger partial charge in [-0.05, 0) is 54.1 Å². The summed E-state index contributed by atoms with van der Waals surface area (Å²) in [7, 11) is 0. The van der Waals surface area contributed by atoms with Gasteiger partial charge in [-0.1, -0.05) is 23.7 Å². The highest BCUT2D eigenvalue weighted by Crippen LogP contribution is 2.31. The van der Waals surface area contributed by atoms with Gasteiger partial charge in [0.2, 0.25) is 5.91 Å². The first-order valence-electron chi connectivity index (χ1n) is 10.1. The molecule has 10 heteroatoms. The molecule has 0 atom stereocenters. The standard InChI is InChI=1S/C24H18ClF3N4O2/c1-14(33)29-12-15-5-10-20(25)18(11-15)23(34)31-21-3-2-4-22-19(21)13-30-32(22)17-8-6-16(7-9-17)24(26,27)28/h2-11,13H,12H2,1H3,(H,29,33)(H,31,34). The van der Waals surface area contributed by atoms with E-state index < -0.39 is 17.6 Å².